The lowest BCUT2D eigenvalue weighted by molar-refractivity contribution is -0.137. The van der Waals surface area contributed by atoms with Gasteiger partial charge in [0.2, 0.25) is 5.91 Å². The highest BCUT2D eigenvalue weighted by Gasteiger charge is 2.14. The Balaban J connectivity index is 2.36. The summed E-state index contributed by atoms with van der Waals surface area (Å²) in [5, 5.41) is 11.1. The number of pyridine rings is 1. The van der Waals surface area contributed by atoms with E-state index in [-0.39, 0.29) is 18.7 Å². The maximum atomic E-state index is 11.5. The van der Waals surface area contributed by atoms with Crippen LogP contribution in [-0.2, 0) is 16.1 Å². The van der Waals surface area contributed by atoms with Gasteiger partial charge < -0.3 is 16.2 Å². The summed E-state index contributed by atoms with van der Waals surface area (Å²) < 4.78 is 0. The fourth-order valence-electron chi connectivity index (χ4n) is 1.33. The molecule has 6 nitrogen and oxygen atoms in total. The molecule has 0 aliphatic rings. The van der Waals surface area contributed by atoms with Crippen molar-refractivity contribution in [2.75, 3.05) is 0 Å². The van der Waals surface area contributed by atoms with Crippen LogP contribution in [0.5, 0.6) is 0 Å². The van der Waals surface area contributed by atoms with Crippen LogP contribution in [0.25, 0.3) is 0 Å². The summed E-state index contributed by atoms with van der Waals surface area (Å²) in [6.07, 6.45) is 1.70. The minimum absolute atomic E-state index is 0.110. The summed E-state index contributed by atoms with van der Waals surface area (Å²) in [5.41, 5.74) is 7.34. The molecule has 0 aromatic carbocycles. The van der Waals surface area contributed by atoms with E-state index in [1.54, 1.807) is 6.20 Å². The Kier molecular flexibility index (Phi) is 5.26. The third-order valence-corrected chi connectivity index (χ3v) is 2.45. The molecule has 0 fully saturated rings. The zero-order valence-corrected chi connectivity index (χ0v) is 10.2. The minimum Gasteiger partial charge on any atom is -0.481 e. The fraction of sp³-hybridized carbons (Fsp3) is 0.417. The highest BCUT2D eigenvalue weighted by atomic mass is 16.4. The maximum Gasteiger partial charge on any atom is 0.303 e. The second-order valence-electron chi connectivity index (χ2n) is 4.06. The Morgan fingerprint density at radius 3 is 2.78 bits per heavy atom. The number of aromatic nitrogens is 1. The van der Waals surface area contributed by atoms with Gasteiger partial charge in [-0.15, -0.1) is 0 Å². The molecular formula is C12H17N3O3. The Hall–Kier alpha value is -1.95. The first-order valence-corrected chi connectivity index (χ1v) is 5.65. The summed E-state index contributed by atoms with van der Waals surface area (Å²) in [7, 11) is 0. The van der Waals surface area contributed by atoms with Gasteiger partial charge in [-0.05, 0) is 25.0 Å². The predicted molar refractivity (Wildman–Crippen MR) is 65.7 cm³/mol. The van der Waals surface area contributed by atoms with Crippen molar-refractivity contribution in [1.29, 1.82) is 0 Å². The number of carbonyl (C=O) groups is 2. The topological polar surface area (TPSA) is 105 Å². The molecule has 0 radical (unpaired) electrons. The van der Waals surface area contributed by atoms with Crippen molar-refractivity contribution in [3.8, 4) is 0 Å². The van der Waals surface area contributed by atoms with Crippen LogP contribution in [0.2, 0.25) is 0 Å². The number of amides is 1. The molecule has 1 aromatic heterocycles. The molecule has 18 heavy (non-hydrogen) atoms. The van der Waals surface area contributed by atoms with E-state index in [2.05, 4.69) is 10.3 Å². The monoisotopic (exact) mass is 251 g/mol. The second kappa shape index (κ2) is 6.70. The van der Waals surface area contributed by atoms with Gasteiger partial charge in [0.05, 0.1) is 6.04 Å². The Morgan fingerprint density at radius 1 is 1.50 bits per heavy atom. The fourth-order valence-corrected chi connectivity index (χ4v) is 1.33. The SMILES string of the molecule is Cc1ccc(CNC(=O)C(N)CCC(=O)O)cn1. The first-order valence-electron chi connectivity index (χ1n) is 5.65. The third-order valence-electron chi connectivity index (χ3n) is 2.45. The van der Waals surface area contributed by atoms with Gasteiger partial charge in [-0.2, -0.15) is 0 Å². The molecule has 1 atom stereocenters. The van der Waals surface area contributed by atoms with Crippen molar-refractivity contribution in [1.82, 2.24) is 10.3 Å². The lowest BCUT2D eigenvalue weighted by Crippen LogP contribution is -2.40. The lowest BCUT2D eigenvalue weighted by atomic mass is 10.1. The highest BCUT2D eigenvalue weighted by molar-refractivity contribution is 5.82. The molecular weight excluding hydrogens is 234 g/mol. The smallest absolute Gasteiger partial charge is 0.303 e. The molecule has 98 valence electrons. The number of carboxylic acid groups (broad SMARTS) is 1. The van der Waals surface area contributed by atoms with Crippen molar-refractivity contribution in [2.24, 2.45) is 5.73 Å². The molecule has 0 spiro atoms. The number of hydrogen-bond acceptors (Lipinski definition) is 4. The van der Waals surface area contributed by atoms with Gasteiger partial charge in [0.25, 0.3) is 0 Å². The van der Waals surface area contributed by atoms with Gasteiger partial charge in [-0.3, -0.25) is 14.6 Å². The minimum atomic E-state index is -0.957. The number of nitrogens with two attached hydrogens (primary N) is 1. The van der Waals surface area contributed by atoms with Gasteiger partial charge in [0, 0.05) is 24.9 Å². The van der Waals surface area contributed by atoms with E-state index in [4.69, 9.17) is 10.8 Å². The van der Waals surface area contributed by atoms with Crippen LogP contribution >= 0.6 is 0 Å². The quantitative estimate of drug-likeness (QED) is 0.669. The Bertz CT molecular complexity index is 417. The third kappa shape index (κ3) is 4.92. The van der Waals surface area contributed by atoms with Crippen molar-refractivity contribution >= 4 is 11.9 Å². The van der Waals surface area contributed by atoms with Crippen LogP contribution in [0.3, 0.4) is 0 Å². The number of nitrogens with zero attached hydrogens (tertiary/aromatic N) is 1. The standard InChI is InChI=1S/C12H17N3O3/c1-8-2-3-9(6-14-8)7-15-12(18)10(13)4-5-11(16)17/h2-3,6,10H,4-5,7,13H2,1H3,(H,15,18)(H,16,17). The molecule has 4 N–H and O–H groups in total. The first-order chi connectivity index (χ1) is 8.49. The molecule has 0 bridgehead atoms. The van der Waals surface area contributed by atoms with Gasteiger partial charge in [-0.25, -0.2) is 0 Å². The van der Waals surface area contributed by atoms with E-state index in [1.165, 1.54) is 0 Å². The van der Waals surface area contributed by atoms with Gasteiger partial charge in [0.1, 0.15) is 0 Å². The molecule has 1 unspecified atom stereocenters. The van der Waals surface area contributed by atoms with Crippen LogP contribution in [-0.4, -0.2) is 28.0 Å². The van der Waals surface area contributed by atoms with Crippen molar-refractivity contribution in [2.45, 2.75) is 32.4 Å². The number of carbonyl (C=O) groups excluding carboxylic acids is 1. The van der Waals surface area contributed by atoms with Gasteiger partial charge >= 0.3 is 5.97 Å². The first kappa shape index (κ1) is 14.1. The number of carboxylic acids is 1. The molecule has 6 heteroatoms. The van der Waals surface area contributed by atoms with Crippen LogP contribution < -0.4 is 11.1 Å². The van der Waals surface area contributed by atoms with E-state index in [0.717, 1.165) is 11.3 Å². The molecule has 1 rings (SSSR count). The summed E-state index contributed by atoms with van der Waals surface area (Å²) in [4.78, 5) is 26.0. The number of aryl methyl sites for hydroxylation is 1. The predicted octanol–water partition coefficient (Wildman–Crippen LogP) is 0.198. The van der Waals surface area contributed by atoms with E-state index >= 15 is 0 Å². The van der Waals surface area contributed by atoms with Gasteiger partial charge in [-0.1, -0.05) is 6.07 Å². The number of nitrogens with one attached hydrogen (secondary N) is 1. The Labute approximate surface area is 105 Å². The van der Waals surface area contributed by atoms with Crippen LogP contribution in [0.4, 0.5) is 0 Å². The van der Waals surface area contributed by atoms with Crippen molar-refractivity contribution in [3.05, 3.63) is 29.6 Å². The largest absolute Gasteiger partial charge is 0.481 e. The maximum absolute atomic E-state index is 11.5. The number of aliphatic carboxylic acids is 1. The van der Waals surface area contributed by atoms with Crippen molar-refractivity contribution in [3.63, 3.8) is 0 Å². The number of rotatable bonds is 6. The zero-order chi connectivity index (χ0) is 13.5. The summed E-state index contributed by atoms with van der Waals surface area (Å²) >= 11 is 0. The molecule has 0 saturated carbocycles. The molecule has 1 amide bonds. The molecule has 1 heterocycles. The van der Waals surface area contributed by atoms with E-state index in [0.29, 0.717) is 6.54 Å². The zero-order valence-electron chi connectivity index (χ0n) is 10.2. The van der Waals surface area contributed by atoms with Crippen LogP contribution in [0, 0.1) is 6.92 Å². The highest BCUT2D eigenvalue weighted by Crippen LogP contribution is 2.00. The average Bonchev–Trinajstić information content (AvgIpc) is 2.34. The van der Waals surface area contributed by atoms with E-state index < -0.39 is 12.0 Å². The normalized spacial score (nSPS) is 11.9. The molecule has 0 aliphatic carbocycles. The van der Waals surface area contributed by atoms with Gasteiger partial charge in [0.15, 0.2) is 0 Å². The molecule has 0 saturated heterocycles. The summed E-state index contributed by atoms with van der Waals surface area (Å²) in [5.74, 6) is -1.31. The lowest BCUT2D eigenvalue weighted by Gasteiger charge is -2.11. The second-order valence-corrected chi connectivity index (χ2v) is 4.06. The van der Waals surface area contributed by atoms with Crippen LogP contribution in [0.15, 0.2) is 18.3 Å². The molecule has 0 aliphatic heterocycles. The van der Waals surface area contributed by atoms with Crippen LogP contribution in [0.1, 0.15) is 24.1 Å². The summed E-state index contributed by atoms with van der Waals surface area (Å²) in [6.45, 7) is 2.22. The van der Waals surface area contributed by atoms with Crippen molar-refractivity contribution < 1.29 is 14.7 Å². The number of hydrogen-bond donors (Lipinski definition) is 3. The van der Waals surface area contributed by atoms with E-state index in [9.17, 15) is 9.59 Å². The Morgan fingerprint density at radius 2 is 2.22 bits per heavy atom. The summed E-state index contributed by atoms with van der Waals surface area (Å²) in [6, 6.07) is 2.93. The average molecular weight is 251 g/mol. The molecule has 1 aromatic rings. The van der Waals surface area contributed by atoms with E-state index in [1.807, 2.05) is 19.1 Å².